The summed E-state index contributed by atoms with van der Waals surface area (Å²) in [7, 11) is -3.24. The normalized spacial score (nSPS) is 11.0. The fourth-order valence-electron chi connectivity index (χ4n) is 1.08. The minimum absolute atomic E-state index is 0.158. The van der Waals surface area contributed by atoms with E-state index in [9.17, 15) is 18.0 Å². The van der Waals surface area contributed by atoms with Crippen molar-refractivity contribution in [2.75, 3.05) is 6.26 Å². The highest BCUT2D eigenvalue weighted by atomic mass is 32.2. The van der Waals surface area contributed by atoms with E-state index in [0.29, 0.717) is 11.8 Å². The van der Waals surface area contributed by atoms with Crippen LogP contribution in [0.25, 0.3) is 0 Å². The lowest BCUT2D eigenvalue weighted by Crippen LogP contribution is -2.01. The molecule has 0 aliphatic rings. The molecule has 15 heavy (non-hydrogen) atoms. The average Bonchev–Trinajstić information content (AvgIpc) is 2.17. The second kappa shape index (κ2) is 4.35. The molecule has 0 bridgehead atoms. The number of ketones is 1. The van der Waals surface area contributed by atoms with Gasteiger partial charge in [-0.3, -0.25) is 4.79 Å². The Morgan fingerprint density at radius 3 is 2.20 bits per heavy atom. The minimum atomic E-state index is -3.24. The Morgan fingerprint density at radius 2 is 1.80 bits per heavy atom. The van der Waals surface area contributed by atoms with Crippen LogP contribution in [0.15, 0.2) is 29.2 Å². The van der Waals surface area contributed by atoms with E-state index in [-0.39, 0.29) is 17.1 Å². The molecule has 4 nitrogen and oxygen atoms in total. The summed E-state index contributed by atoms with van der Waals surface area (Å²) in [6.45, 7) is 0. The second-order valence-corrected chi connectivity index (χ2v) is 5.11. The summed E-state index contributed by atoms with van der Waals surface area (Å²) in [5.41, 5.74) is 0.342. The molecule has 1 aromatic carbocycles. The van der Waals surface area contributed by atoms with Crippen molar-refractivity contribution in [2.45, 2.75) is 11.3 Å². The van der Waals surface area contributed by atoms with Gasteiger partial charge in [0.2, 0.25) is 0 Å². The molecule has 0 amide bonds. The quantitative estimate of drug-likeness (QED) is 0.434. The summed E-state index contributed by atoms with van der Waals surface area (Å²) in [5, 5.41) is 0. The molecule has 80 valence electrons. The van der Waals surface area contributed by atoms with Crippen LogP contribution in [0.2, 0.25) is 0 Å². The van der Waals surface area contributed by atoms with Gasteiger partial charge in [-0.2, -0.15) is 0 Å². The standard InChI is InChI=1S/C10H10O4S/c1-15(13,14)9-4-2-8(3-5-9)10(12)6-7-11/h2-5,7H,6H2,1H3. The third-order valence-electron chi connectivity index (χ3n) is 1.87. The van der Waals surface area contributed by atoms with Gasteiger partial charge >= 0.3 is 0 Å². The molecule has 0 fully saturated rings. The number of rotatable bonds is 4. The number of benzene rings is 1. The van der Waals surface area contributed by atoms with Gasteiger partial charge < -0.3 is 4.79 Å². The molecule has 0 aromatic heterocycles. The van der Waals surface area contributed by atoms with Crippen molar-refractivity contribution in [1.29, 1.82) is 0 Å². The maximum atomic E-state index is 11.2. The number of hydrogen-bond acceptors (Lipinski definition) is 4. The Morgan fingerprint density at radius 1 is 1.27 bits per heavy atom. The highest BCUT2D eigenvalue weighted by Gasteiger charge is 2.09. The van der Waals surface area contributed by atoms with Crippen molar-refractivity contribution in [3.63, 3.8) is 0 Å². The average molecular weight is 226 g/mol. The number of carbonyl (C=O) groups is 2. The first-order chi connectivity index (χ1) is 6.95. The molecule has 0 saturated heterocycles. The summed E-state index contributed by atoms with van der Waals surface area (Å²) in [6, 6.07) is 5.52. The Bertz CT molecular complexity index is 471. The van der Waals surface area contributed by atoms with Crippen molar-refractivity contribution in [2.24, 2.45) is 0 Å². The van der Waals surface area contributed by atoms with Gasteiger partial charge in [0, 0.05) is 11.8 Å². The van der Waals surface area contributed by atoms with E-state index in [0.717, 1.165) is 6.26 Å². The lowest BCUT2D eigenvalue weighted by molar-refractivity contribution is -0.107. The van der Waals surface area contributed by atoms with Gasteiger partial charge in [-0.1, -0.05) is 12.1 Å². The molecule has 0 saturated carbocycles. The summed E-state index contributed by atoms with van der Waals surface area (Å²) < 4.78 is 22.2. The molecular weight excluding hydrogens is 216 g/mol. The van der Waals surface area contributed by atoms with Crippen molar-refractivity contribution in [3.05, 3.63) is 29.8 Å². The van der Waals surface area contributed by atoms with E-state index in [1.165, 1.54) is 24.3 Å². The summed E-state index contributed by atoms with van der Waals surface area (Å²) in [5.74, 6) is -0.315. The van der Waals surface area contributed by atoms with Crippen LogP contribution in [-0.2, 0) is 14.6 Å². The third-order valence-corrected chi connectivity index (χ3v) is 3.00. The number of sulfone groups is 1. The van der Waals surface area contributed by atoms with E-state index in [4.69, 9.17) is 0 Å². The Kier molecular flexibility index (Phi) is 3.36. The Balaban J connectivity index is 3.00. The Labute approximate surface area is 87.8 Å². The predicted molar refractivity (Wildman–Crippen MR) is 54.6 cm³/mol. The van der Waals surface area contributed by atoms with Gasteiger partial charge in [0.15, 0.2) is 15.6 Å². The van der Waals surface area contributed by atoms with E-state index >= 15 is 0 Å². The monoisotopic (exact) mass is 226 g/mol. The maximum absolute atomic E-state index is 11.2. The summed E-state index contributed by atoms with van der Waals surface area (Å²) >= 11 is 0. The van der Waals surface area contributed by atoms with Crippen LogP contribution < -0.4 is 0 Å². The molecule has 1 aromatic rings. The van der Waals surface area contributed by atoms with Gasteiger partial charge in [0.25, 0.3) is 0 Å². The second-order valence-electron chi connectivity index (χ2n) is 3.09. The SMILES string of the molecule is CS(=O)(=O)c1ccc(C(=O)CC=O)cc1. The fourth-order valence-corrected chi connectivity index (χ4v) is 1.71. The highest BCUT2D eigenvalue weighted by Crippen LogP contribution is 2.11. The molecule has 0 spiro atoms. The molecule has 5 heteroatoms. The zero-order chi connectivity index (χ0) is 11.5. The number of Topliss-reactive ketones (excluding diaryl/α,β-unsaturated/α-hetero) is 1. The fraction of sp³-hybridized carbons (Fsp3) is 0.200. The van der Waals surface area contributed by atoms with Crippen molar-refractivity contribution >= 4 is 21.9 Å². The van der Waals surface area contributed by atoms with Crippen molar-refractivity contribution in [1.82, 2.24) is 0 Å². The van der Waals surface area contributed by atoms with Crippen LogP contribution in [-0.4, -0.2) is 26.7 Å². The van der Waals surface area contributed by atoms with Crippen molar-refractivity contribution in [3.8, 4) is 0 Å². The number of hydrogen-bond donors (Lipinski definition) is 0. The topological polar surface area (TPSA) is 68.3 Å². The van der Waals surface area contributed by atoms with Gasteiger partial charge in [-0.15, -0.1) is 0 Å². The van der Waals surface area contributed by atoms with Gasteiger partial charge in [-0.05, 0) is 12.1 Å². The lowest BCUT2D eigenvalue weighted by Gasteiger charge is -1.99. The van der Waals surface area contributed by atoms with Crippen molar-refractivity contribution < 1.29 is 18.0 Å². The minimum Gasteiger partial charge on any atom is -0.303 e. The zero-order valence-corrected chi connectivity index (χ0v) is 8.95. The van der Waals surface area contributed by atoms with E-state index in [2.05, 4.69) is 0 Å². The van der Waals surface area contributed by atoms with Crippen LogP contribution in [0.3, 0.4) is 0 Å². The molecule has 0 aliphatic carbocycles. The van der Waals surface area contributed by atoms with Gasteiger partial charge in [0.05, 0.1) is 11.3 Å². The predicted octanol–water partition coefficient (Wildman–Crippen LogP) is 0.862. The van der Waals surface area contributed by atoms with Crippen LogP contribution in [0.1, 0.15) is 16.8 Å². The van der Waals surface area contributed by atoms with Crippen LogP contribution >= 0.6 is 0 Å². The van der Waals surface area contributed by atoms with E-state index in [1.807, 2.05) is 0 Å². The van der Waals surface area contributed by atoms with Crippen LogP contribution in [0.4, 0.5) is 0 Å². The smallest absolute Gasteiger partial charge is 0.175 e. The van der Waals surface area contributed by atoms with Crippen LogP contribution in [0.5, 0.6) is 0 Å². The van der Waals surface area contributed by atoms with E-state index in [1.54, 1.807) is 0 Å². The first-order valence-electron chi connectivity index (χ1n) is 4.22. The molecule has 0 aliphatic heterocycles. The molecular formula is C10H10O4S. The molecule has 0 heterocycles. The number of aldehydes is 1. The first kappa shape index (κ1) is 11.6. The molecule has 0 atom stereocenters. The highest BCUT2D eigenvalue weighted by molar-refractivity contribution is 7.90. The van der Waals surface area contributed by atoms with Gasteiger partial charge in [-0.25, -0.2) is 8.42 Å². The third kappa shape index (κ3) is 2.99. The summed E-state index contributed by atoms with van der Waals surface area (Å²) in [4.78, 5) is 21.5. The number of carbonyl (C=O) groups excluding carboxylic acids is 2. The Hall–Kier alpha value is -1.49. The summed E-state index contributed by atoms with van der Waals surface area (Å²) in [6.07, 6.45) is 1.43. The largest absolute Gasteiger partial charge is 0.303 e. The first-order valence-corrected chi connectivity index (χ1v) is 6.11. The van der Waals surface area contributed by atoms with Crippen LogP contribution in [0, 0.1) is 0 Å². The molecule has 0 unspecified atom stereocenters. The zero-order valence-electron chi connectivity index (χ0n) is 8.14. The molecule has 1 rings (SSSR count). The lowest BCUT2D eigenvalue weighted by atomic mass is 10.1. The maximum Gasteiger partial charge on any atom is 0.175 e. The van der Waals surface area contributed by atoms with E-state index < -0.39 is 9.84 Å². The molecule has 0 N–H and O–H groups in total. The van der Waals surface area contributed by atoms with Gasteiger partial charge in [0.1, 0.15) is 6.29 Å². The molecule has 0 radical (unpaired) electrons.